The molecule has 1 aromatic heterocycles. The third kappa shape index (κ3) is 1.40. The lowest BCUT2D eigenvalue weighted by Crippen LogP contribution is -2.30. The first kappa shape index (κ1) is 10.7. The summed E-state index contributed by atoms with van der Waals surface area (Å²) in [7, 11) is 0. The molecule has 7 heteroatoms. The molecular weight excluding hydrogens is 226 g/mol. The predicted molar refractivity (Wildman–Crippen MR) is 57.1 cm³/mol. The van der Waals surface area contributed by atoms with E-state index in [0.29, 0.717) is 12.1 Å². The monoisotopic (exact) mass is 239 g/mol. The number of anilines is 1. The van der Waals surface area contributed by atoms with E-state index >= 15 is 0 Å². The van der Waals surface area contributed by atoms with Crippen LogP contribution in [0.15, 0.2) is 10.9 Å². The Kier molecular flexibility index (Phi) is 2.22. The van der Waals surface area contributed by atoms with Crippen LogP contribution in [0.4, 0.5) is 5.82 Å². The van der Waals surface area contributed by atoms with E-state index in [-0.39, 0.29) is 18.3 Å². The largest absolute Gasteiger partial charge is 0.394 e. The zero-order chi connectivity index (χ0) is 12.2. The van der Waals surface area contributed by atoms with Gasteiger partial charge < -0.3 is 20.7 Å². The molecule has 0 radical (unpaired) electrons. The van der Waals surface area contributed by atoms with Crippen molar-refractivity contribution in [1.29, 1.82) is 0 Å². The molecule has 4 N–H and O–H groups in total. The van der Waals surface area contributed by atoms with Gasteiger partial charge in [0.2, 0.25) is 0 Å². The van der Waals surface area contributed by atoms with Crippen molar-refractivity contribution in [3.63, 3.8) is 0 Å². The molecule has 0 bridgehead atoms. The Hall–Kier alpha value is -1.44. The van der Waals surface area contributed by atoms with Crippen molar-refractivity contribution in [1.82, 2.24) is 9.55 Å². The summed E-state index contributed by atoms with van der Waals surface area (Å²) < 4.78 is 6.88. The van der Waals surface area contributed by atoms with Crippen LogP contribution in [0.2, 0.25) is 0 Å². The summed E-state index contributed by atoms with van der Waals surface area (Å²) in [6.07, 6.45) is -1.45. The normalized spacial score (nSPS) is 34.7. The Morgan fingerprint density at radius 2 is 2.41 bits per heavy atom. The Morgan fingerprint density at radius 3 is 3.12 bits per heavy atom. The van der Waals surface area contributed by atoms with E-state index in [1.165, 1.54) is 4.57 Å². The lowest BCUT2D eigenvalue weighted by atomic mass is 9.98. The number of hydrogen-bond acceptors (Lipinski definition) is 6. The third-order valence-electron chi connectivity index (χ3n) is 3.43. The maximum absolute atomic E-state index is 11.7. The highest BCUT2D eigenvalue weighted by Gasteiger charge is 2.49. The Bertz CT molecular complexity index is 515. The molecule has 0 saturated carbocycles. The minimum Gasteiger partial charge on any atom is -0.394 e. The lowest BCUT2D eigenvalue weighted by Gasteiger charge is -2.14. The van der Waals surface area contributed by atoms with Crippen LogP contribution >= 0.6 is 0 Å². The summed E-state index contributed by atoms with van der Waals surface area (Å²) in [5, 5.41) is 19.0. The number of nitrogens with zero attached hydrogens (tertiary/aromatic N) is 2. The first-order valence-electron chi connectivity index (χ1n) is 5.44. The van der Waals surface area contributed by atoms with Crippen molar-refractivity contribution in [3.8, 4) is 0 Å². The number of fused-ring (bicyclic) bond motifs is 3. The first-order valence-corrected chi connectivity index (χ1v) is 5.44. The van der Waals surface area contributed by atoms with Crippen LogP contribution in [0.3, 0.4) is 0 Å². The average molecular weight is 239 g/mol. The number of hydrogen-bond donors (Lipinski definition) is 3. The average Bonchev–Trinajstić information content (AvgIpc) is 2.75. The van der Waals surface area contributed by atoms with Crippen molar-refractivity contribution < 1.29 is 14.9 Å². The molecule has 7 nitrogen and oxygen atoms in total. The fraction of sp³-hybridized carbons (Fsp3) is 0.600. The summed E-state index contributed by atoms with van der Waals surface area (Å²) in [4.78, 5) is 15.4. The van der Waals surface area contributed by atoms with Crippen molar-refractivity contribution in [2.75, 3.05) is 12.3 Å². The molecule has 0 spiro atoms. The van der Waals surface area contributed by atoms with Gasteiger partial charge in [-0.15, -0.1) is 0 Å². The van der Waals surface area contributed by atoms with Gasteiger partial charge in [0.1, 0.15) is 18.1 Å². The lowest BCUT2D eigenvalue weighted by molar-refractivity contribution is -0.0456. The minimum atomic E-state index is -0.773. The van der Waals surface area contributed by atoms with Gasteiger partial charge in [-0.1, -0.05) is 0 Å². The highest BCUT2D eigenvalue weighted by Crippen LogP contribution is 2.41. The summed E-state index contributed by atoms with van der Waals surface area (Å²) >= 11 is 0. The van der Waals surface area contributed by atoms with Gasteiger partial charge >= 0.3 is 5.69 Å². The molecule has 0 unspecified atom stereocenters. The van der Waals surface area contributed by atoms with Gasteiger partial charge in [0.15, 0.2) is 0 Å². The van der Waals surface area contributed by atoms with Gasteiger partial charge in [0.25, 0.3) is 0 Å². The Balaban J connectivity index is 2.05. The summed E-state index contributed by atoms with van der Waals surface area (Å²) in [5.41, 5.74) is 5.74. The highest BCUT2D eigenvalue weighted by atomic mass is 16.5. The summed E-state index contributed by atoms with van der Waals surface area (Å²) in [6.45, 7) is -0.263. The number of nitrogens with two attached hydrogens (primary N) is 1. The number of ether oxygens (including phenoxy) is 1. The van der Waals surface area contributed by atoms with Crippen molar-refractivity contribution in [2.24, 2.45) is 5.92 Å². The number of aliphatic hydroxyl groups excluding tert-OH is 2. The molecule has 1 saturated heterocycles. The fourth-order valence-electron chi connectivity index (χ4n) is 2.66. The molecule has 2 aliphatic rings. The maximum atomic E-state index is 11.7. The van der Waals surface area contributed by atoms with Crippen LogP contribution in [0.1, 0.15) is 11.9 Å². The van der Waals surface area contributed by atoms with Gasteiger partial charge in [-0.3, -0.25) is 4.57 Å². The molecule has 3 rings (SSSR count). The van der Waals surface area contributed by atoms with Crippen LogP contribution in [0, 0.1) is 5.92 Å². The zero-order valence-electron chi connectivity index (χ0n) is 8.98. The highest BCUT2D eigenvalue weighted by molar-refractivity contribution is 5.31. The van der Waals surface area contributed by atoms with E-state index in [2.05, 4.69) is 4.98 Å². The molecule has 3 heterocycles. The van der Waals surface area contributed by atoms with E-state index < -0.39 is 24.1 Å². The van der Waals surface area contributed by atoms with Crippen LogP contribution in [-0.2, 0) is 11.2 Å². The van der Waals surface area contributed by atoms with E-state index in [9.17, 15) is 9.90 Å². The molecule has 92 valence electrons. The smallest absolute Gasteiger partial charge is 0.351 e. The third-order valence-corrected chi connectivity index (χ3v) is 3.43. The van der Waals surface area contributed by atoms with Gasteiger partial charge in [0.05, 0.1) is 12.7 Å². The quantitative estimate of drug-likeness (QED) is 0.536. The number of aromatic nitrogens is 2. The van der Waals surface area contributed by atoms with Crippen molar-refractivity contribution in [2.45, 2.75) is 24.9 Å². The van der Waals surface area contributed by atoms with E-state index in [0.717, 1.165) is 0 Å². The van der Waals surface area contributed by atoms with Crippen molar-refractivity contribution >= 4 is 5.82 Å². The van der Waals surface area contributed by atoms with E-state index in [4.69, 9.17) is 15.6 Å². The van der Waals surface area contributed by atoms with Gasteiger partial charge in [-0.25, -0.2) is 4.79 Å². The number of nitrogen functional groups attached to an aromatic ring is 1. The van der Waals surface area contributed by atoms with Crippen LogP contribution in [0.25, 0.3) is 0 Å². The molecule has 2 aliphatic heterocycles. The SMILES string of the molecule is Nc1cc2n(c(=O)n1)[C@@H]1O[C@H](CO)[C@@H](O)[C@H]1C2. The molecule has 1 fully saturated rings. The molecule has 4 atom stereocenters. The number of aliphatic hydroxyl groups is 2. The maximum Gasteiger partial charge on any atom is 0.351 e. The number of rotatable bonds is 1. The molecule has 0 aromatic carbocycles. The Morgan fingerprint density at radius 1 is 1.65 bits per heavy atom. The zero-order valence-corrected chi connectivity index (χ0v) is 8.98. The summed E-state index contributed by atoms with van der Waals surface area (Å²) in [6, 6.07) is 1.61. The van der Waals surface area contributed by atoms with Crippen LogP contribution in [-0.4, -0.2) is 38.6 Å². The fourth-order valence-corrected chi connectivity index (χ4v) is 2.66. The molecular formula is C10H13N3O4. The topological polar surface area (TPSA) is 111 Å². The molecule has 0 aliphatic carbocycles. The van der Waals surface area contributed by atoms with Gasteiger partial charge in [-0.2, -0.15) is 4.98 Å². The molecule has 17 heavy (non-hydrogen) atoms. The van der Waals surface area contributed by atoms with Gasteiger partial charge in [0, 0.05) is 17.7 Å². The van der Waals surface area contributed by atoms with E-state index in [1.54, 1.807) is 6.07 Å². The van der Waals surface area contributed by atoms with Gasteiger partial charge in [-0.05, 0) is 6.42 Å². The minimum absolute atomic E-state index is 0.175. The van der Waals surface area contributed by atoms with Crippen molar-refractivity contribution in [3.05, 3.63) is 22.2 Å². The molecule has 1 aromatic rings. The van der Waals surface area contributed by atoms with Crippen LogP contribution in [0.5, 0.6) is 0 Å². The van der Waals surface area contributed by atoms with E-state index in [1.807, 2.05) is 0 Å². The second-order valence-corrected chi connectivity index (χ2v) is 4.43. The molecule has 0 amide bonds. The summed E-state index contributed by atoms with van der Waals surface area (Å²) in [5.74, 6) is -0.0436. The first-order chi connectivity index (χ1) is 8.11. The second kappa shape index (κ2) is 3.52. The Labute approximate surface area is 96.5 Å². The standard InChI is InChI=1S/C10H13N3O4/c11-7-2-4-1-5-8(15)6(3-14)17-9(5)13(4)10(16)12-7/h2,5-6,8-9,14-15H,1,3H2,(H2,11,12,16)/t5-,6-,8+,9-/m1/s1. The van der Waals surface area contributed by atoms with Crippen LogP contribution < -0.4 is 11.4 Å². The predicted octanol–water partition coefficient (Wildman–Crippen LogP) is -1.75. The second-order valence-electron chi connectivity index (χ2n) is 4.43.